The zero-order valence-corrected chi connectivity index (χ0v) is 10.3. The van der Waals surface area contributed by atoms with Crippen molar-refractivity contribution in [2.75, 3.05) is 16.8 Å². The molecule has 4 nitrogen and oxygen atoms in total. The Labute approximate surface area is 107 Å². The summed E-state index contributed by atoms with van der Waals surface area (Å²) < 4.78 is 12.8. The molecule has 2 amide bonds. The van der Waals surface area contributed by atoms with E-state index in [0.29, 0.717) is 5.69 Å². The number of amides is 2. The number of carbonyl (C=O) groups is 2. The first-order valence-electron chi connectivity index (χ1n) is 4.60. The van der Waals surface area contributed by atoms with Gasteiger partial charge in [-0.3, -0.25) is 9.59 Å². The SMILES string of the molecule is NC(=O)CSCC(=O)Nc1ccc(F)c(Cl)c1. The number of hydrogen-bond acceptors (Lipinski definition) is 3. The molecule has 0 radical (unpaired) electrons. The van der Waals surface area contributed by atoms with Gasteiger partial charge in [0.1, 0.15) is 5.82 Å². The van der Waals surface area contributed by atoms with E-state index in [1.54, 1.807) is 0 Å². The van der Waals surface area contributed by atoms with Gasteiger partial charge in [0.25, 0.3) is 0 Å². The molecule has 0 unspecified atom stereocenters. The Balaban J connectivity index is 2.45. The van der Waals surface area contributed by atoms with Gasteiger partial charge in [-0.25, -0.2) is 4.39 Å². The van der Waals surface area contributed by atoms with E-state index in [4.69, 9.17) is 17.3 Å². The van der Waals surface area contributed by atoms with Crippen LogP contribution in [0.15, 0.2) is 18.2 Å². The summed E-state index contributed by atoms with van der Waals surface area (Å²) in [5.74, 6) is -1.16. The number of nitrogens with two attached hydrogens (primary N) is 1. The molecule has 0 atom stereocenters. The molecule has 0 aliphatic rings. The van der Waals surface area contributed by atoms with Crippen molar-refractivity contribution < 1.29 is 14.0 Å². The highest BCUT2D eigenvalue weighted by molar-refractivity contribution is 8.00. The predicted octanol–water partition coefficient (Wildman–Crippen LogP) is 1.64. The highest BCUT2D eigenvalue weighted by Gasteiger charge is 2.06. The minimum Gasteiger partial charge on any atom is -0.369 e. The Kier molecular flexibility index (Phi) is 5.24. The molecule has 0 aliphatic heterocycles. The molecule has 0 bridgehead atoms. The molecule has 0 spiro atoms. The first-order valence-corrected chi connectivity index (χ1v) is 6.13. The van der Waals surface area contributed by atoms with Crippen molar-refractivity contribution in [1.82, 2.24) is 0 Å². The average Bonchev–Trinajstić information content (AvgIpc) is 2.23. The Morgan fingerprint density at radius 1 is 1.41 bits per heavy atom. The molecule has 0 saturated carbocycles. The van der Waals surface area contributed by atoms with Crippen LogP contribution in [0.1, 0.15) is 0 Å². The number of thioether (sulfide) groups is 1. The summed E-state index contributed by atoms with van der Waals surface area (Å²) in [5.41, 5.74) is 5.32. The van der Waals surface area contributed by atoms with Crippen LogP contribution in [0.3, 0.4) is 0 Å². The third-order valence-corrected chi connectivity index (χ3v) is 2.93. The summed E-state index contributed by atoms with van der Waals surface area (Å²) in [4.78, 5) is 21.8. The number of nitrogens with one attached hydrogen (secondary N) is 1. The number of hydrogen-bond donors (Lipinski definition) is 2. The van der Waals surface area contributed by atoms with E-state index >= 15 is 0 Å². The van der Waals surface area contributed by atoms with Gasteiger partial charge in [0, 0.05) is 5.69 Å². The van der Waals surface area contributed by atoms with Crippen molar-refractivity contribution in [2.24, 2.45) is 5.73 Å². The fraction of sp³-hybridized carbons (Fsp3) is 0.200. The summed E-state index contributed by atoms with van der Waals surface area (Å²) in [6.07, 6.45) is 0. The third-order valence-electron chi connectivity index (χ3n) is 1.68. The van der Waals surface area contributed by atoms with Gasteiger partial charge >= 0.3 is 0 Å². The molecule has 0 aliphatic carbocycles. The highest BCUT2D eigenvalue weighted by Crippen LogP contribution is 2.19. The topological polar surface area (TPSA) is 72.2 Å². The van der Waals surface area contributed by atoms with Crippen molar-refractivity contribution in [3.05, 3.63) is 29.0 Å². The highest BCUT2D eigenvalue weighted by atomic mass is 35.5. The molecule has 1 rings (SSSR count). The molecule has 92 valence electrons. The molecule has 1 aromatic carbocycles. The van der Waals surface area contributed by atoms with Crippen LogP contribution in [0.2, 0.25) is 5.02 Å². The standard InChI is InChI=1S/C10H10ClFN2O2S/c11-7-3-6(1-2-8(7)12)14-10(16)5-17-4-9(13)15/h1-3H,4-5H2,(H2,13,15)(H,14,16). The van der Waals surface area contributed by atoms with Gasteiger partial charge in [-0.1, -0.05) is 11.6 Å². The summed E-state index contributed by atoms with van der Waals surface area (Å²) in [6, 6.07) is 3.87. The Morgan fingerprint density at radius 3 is 2.71 bits per heavy atom. The van der Waals surface area contributed by atoms with Crippen LogP contribution in [-0.4, -0.2) is 23.3 Å². The molecule has 7 heteroatoms. The van der Waals surface area contributed by atoms with Crippen LogP contribution in [0, 0.1) is 5.82 Å². The van der Waals surface area contributed by atoms with Crippen LogP contribution in [0.4, 0.5) is 10.1 Å². The van der Waals surface area contributed by atoms with E-state index < -0.39 is 11.7 Å². The van der Waals surface area contributed by atoms with Crippen molar-refractivity contribution in [3.8, 4) is 0 Å². The first-order chi connectivity index (χ1) is 7.99. The largest absolute Gasteiger partial charge is 0.369 e. The van der Waals surface area contributed by atoms with Gasteiger partial charge in [-0.05, 0) is 18.2 Å². The fourth-order valence-corrected chi connectivity index (χ4v) is 1.76. The zero-order chi connectivity index (χ0) is 12.8. The van der Waals surface area contributed by atoms with Crippen LogP contribution < -0.4 is 11.1 Å². The second-order valence-electron chi connectivity index (χ2n) is 3.14. The lowest BCUT2D eigenvalue weighted by atomic mass is 10.3. The van der Waals surface area contributed by atoms with E-state index in [2.05, 4.69) is 5.32 Å². The van der Waals surface area contributed by atoms with Gasteiger partial charge in [0.15, 0.2) is 0 Å². The van der Waals surface area contributed by atoms with E-state index in [9.17, 15) is 14.0 Å². The van der Waals surface area contributed by atoms with Gasteiger partial charge in [0.2, 0.25) is 11.8 Å². The number of halogens is 2. The van der Waals surface area contributed by atoms with Gasteiger partial charge in [-0.2, -0.15) is 0 Å². The van der Waals surface area contributed by atoms with Crippen molar-refractivity contribution in [1.29, 1.82) is 0 Å². The second-order valence-corrected chi connectivity index (χ2v) is 4.53. The summed E-state index contributed by atoms with van der Waals surface area (Å²) >= 11 is 6.65. The Hall–Kier alpha value is -1.27. The lowest BCUT2D eigenvalue weighted by molar-refractivity contribution is -0.115. The number of primary amides is 1. The average molecular weight is 277 g/mol. The number of carbonyl (C=O) groups excluding carboxylic acids is 2. The lowest BCUT2D eigenvalue weighted by Gasteiger charge is -2.05. The maximum atomic E-state index is 12.8. The third kappa shape index (κ3) is 5.06. The van der Waals surface area contributed by atoms with Crippen LogP contribution in [0.5, 0.6) is 0 Å². The van der Waals surface area contributed by atoms with Crippen LogP contribution in [0.25, 0.3) is 0 Å². The quantitative estimate of drug-likeness (QED) is 0.859. The number of rotatable bonds is 5. The summed E-state index contributed by atoms with van der Waals surface area (Å²) in [7, 11) is 0. The Morgan fingerprint density at radius 2 is 2.12 bits per heavy atom. The molecule has 0 aromatic heterocycles. The van der Waals surface area contributed by atoms with Crippen molar-refractivity contribution >= 4 is 40.9 Å². The minimum atomic E-state index is -0.548. The second kappa shape index (κ2) is 6.46. The predicted molar refractivity (Wildman–Crippen MR) is 66.6 cm³/mol. The molecule has 3 N–H and O–H groups in total. The maximum absolute atomic E-state index is 12.8. The molecule has 1 aromatic rings. The fourth-order valence-electron chi connectivity index (χ4n) is 1.02. The smallest absolute Gasteiger partial charge is 0.234 e. The first kappa shape index (κ1) is 13.8. The van der Waals surface area contributed by atoms with E-state index in [1.165, 1.54) is 12.1 Å². The molecule has 0 heterocycles. The number of anilines is 1. The molecular formula is C10H10ClFN2O2S. The summed E-state index contributed by atoms with van der Waals surface area (Å²) in [6.45, 7) is 0. The maximum Gasteiger partial charge on any atom is 0.234 e. The minimum absolute atomic E-state index is 0.0624. The zero-order valence-electron chi connectivity index (χ0n) is 8.70. The van der Waals surface area contributed by atoms with E-state index in [0.717, 1.165) is 17.8 Å². The van der Waals surface area contributed by atoms with Crippen LogP contribution in [-0.2, 0) is 9.59 Å². The van der Waals surface area contributed by atoms with Crippen LogP contribution >= 0.6 is 23.4 Å². The van der Waals surface area contributed by atoms with E-state index in [1.807, 2.05) is 0 Å². The summed E-state index contributed by atoms with van der Waals surface area (Å²) in [5, 5.41) is 2.46. The molecule has 0 saturated heterocycles. The molecule has 0 fully saturated rings. The normalized spacial score (nSPS) is 10.0. The molecular weight excluding hydrogens is 267 g/mol. The monoisotopic (exact) mass is 276 g/mol. The van der Waals surface area contributed by atoms with Gasteiger partial charge < -0.3 is 11.1 Å². The van der Waals surface area contributed by atoms with Crippen molar-refractivity contribution in [2.45, 2.75) is 0 Å². The van der Waals surface area contributed by atoms with Crippen molar-refractivity contribution in [3.63, 3.8) is 0 Å². The molecule has 17 heavy (non-hydrogen) atoms. The Bertz CT molecular complexity index is 442. The van der Waals surface area contributed by atoms with E-state index in [-0.39, 0.29) is 22.4 Å². The van der Waals surface area contributed by atoms with Gasteiger partial charge in [0.05, 0.1) is 16.5 Å². The van der Waals surface area contributed by atoms with Gasteiger partial charge in [-0.15, -0.1) is 11.8 Å². The number of benzene rings is 1. The lowest BCUT2D eigenvalue weighted by Crippen LogP contribution is -2.18.